The summed E-state index contributed by atoms with van der Waals surface area (Å²) in [6.45, 7) is 4.57. The number of nitrogens with zero attached hydrogens (tertiary/aromatic N) is 2. The SMILES string of the molecule is Cc1c(C)c([N+](=O)[O-])c(C)c([N+](=O)[O-])c1Br. The van der Waals surface area contributed by atoms with Crippen LogP contribution in [-0.4, -0.2) is 9.85 Å². The van der Waals surface area contributed by atoms with Crippen molar-refractivity contribution in [2.45, 2.75) is 20.8 Å². The highest BCUT2D eigenvalue weighted by atomic mass is 79.9. The second-order valence-electron chi connectivity index (χ2n) is 3.40. The van der Waals surface area contributed by atoms with Gasteiger partial charge in [0.1, 0.15) is 5.56 Å². The zero-order valence-electron chi connectivity index (χ0n) is 8.91. The summed E-state index contributed by atoms with van der Waals surface area (Å²) in [6.07, 6.45) is 0. The summed E-state index contributed by atoms with van der Waals surface area (Å²) in [5.41, 5.74) is 0.608. The van der Waals surface area contributed by atoms with Crippen molar-refractivity contribution in [1.29, 1.82) is 0 Å². The molecule has 1 rings (SSSR count). The van der Waals surface area contributed by atoms with Gasteiger partial charge in [0.15, 0.2) is 0 Å². The van der Waals surface area contributed by atoms with E-state index in [-0.39, 0.29) is 16.9 Å². The Bertz CT molecular complexity index is 458. The number of nitro groups is 2. The highest BCUT2D eigenvalue weighted by molar-refractivity contribution is 9.10. The van der Waals surface area contributed by atoms with Crippen molar-refractivity contribution in [2.75, 3.05) is 0 Å². The number of nitro benzene ring substituents is 2. The average Bonchev–Trinajstić information content (AvgIpc) is 2.13. The molecule has 1 aromatic carbocycles. The molecule has 0 aliphatic rings. The number of benzene rings is 1. The molecule has 0 spiro atoms. The Hall–Kier alpha value is -1.50. The minimum Gasteiger partial charge on any atom is -0.258 e. The number of hydrogen-bond acceptors (Lipinski definition) is 4. The molecule has 0 amide bonds. The lowest BCUT2D eigenvalue weighted by atomic mass is 10.0. The first kappa shape index (κ1) is 12.6. The molecule has 0 aliphatic carbocycles. The van der Waals surface area contributed by atoms with Crippen molar-refractivity contribution >= 4 is 27.3 Å². The van der Waals surface area contributed by atoms with Crippen LogP contribution in [0, 0.1) is 41.0 Å². The van der Waals surface area contributed by atoms with Gasteiger partial charge in [-0.15, -0.1) is 0 Å². The van der Waals surface area contributed by atoms with Crippen molar-refractivity contribution < 1.29 is 9.85 Å². The van der Waals surface area contributed by atoms with E-state index in [1.165, 1.54) is 6.92 Å². The average molecular weight is 289 g/mol. The molecular weight excluding hydrogens is 280 g/mol. The molecule has 0 fully saturated rings. The summed E-state index contributed by atoms with van der Waals surface area (Å²) in [5, 5.41) is 21.7. The Morgan fingerprint density at radius 1 is 0.875 bits per heavy atom. The number of rotatable bonds is 2. The van der Waals surface area contributed by atoms with Crippen LogP contribution in [0.4, 0.5) is 11.4 Å². The molecule has 6 nitrogen and oxygen atoms in total. The van der Waals surface area contributed by atoms with Crippen molar-refractivity contribution in [3.63, 3.8) is 0 Å². The molecule has 86 valence electrons. The van der Waals surface area contributed by atoms with Gasteiger partial charge in [-0.05, 0) is 42.3 Å². The maximum atomic E-state index is 10.8. The fraction of sp³-hybridized carbons (Fsp3) is 0.333. The molecule has 0 bridgehead atoms. The van der Waals surface area contributed by atoms with Crippen LogP contribution >= 0.6 is 15.9 Å². The van der Waals surface area contributed by atoms with Gasteiger partial charge >= 0.3 is 0 Å². The Morgan fingerprint density at radius 2 is 1.31 bits per heavy atom. The first-order valence-corrected chi connectivity index (χ1v) is 5.16. The third-order valence-corrected chi connectivity index (χ3v) is 3.50. The fourth-order valence-corrected chi connectivity index (χ4v) is 2.31. The molecular formula is C9H9BrN2O4. The summed E-state index contributed by atoms with van der Waals surface area (Å²) in [7, 11) is 0. The van der Waals surface area contributed by atoms with E-state index >= 15 is 0 Å². The quantitative estimate of drug-likeness (QED) is 0.618. The van der Waals surface area contributed by atoms with Gasteiger partial charge in [-0.25, -0.2) is 0 Å². The summed E-state index contributed by atoms with van der Waals surface area (Å²) < 4.78 is 0.304. The summed E-state index contributed by atoms with van der Waals surface area (Å²) in [5.74, 6) is 0. The van der Waals surface area contributed by atoms with E-state index in [9.17, 15) is 20.2 Å². The summed E-state index contributed by atoms with van der Waals surface area (Å²) >= 11 is 3.10. The van der Waals surface area contributed by atoms with Crippen molar-refractivity contribution in [1.82, 2.24) is 0 Å². The summed E-state index contributed by atoms with van der Waals surface area (Å²) in [4.78, 5) is 20.5. The predicted octanol–water partition coefficient (Wildman–Crippen LogP) is 3.19. The van der Waals surface area contributed by atoms with Gasteiger partial charge in [0.25, 0.3) is 11.4 Å². The zero-order chi connectivity index (χ0) is 12.6. The zero-order valence-corrected chi connectivity index (χ0v) is 10.5. The summed E-state index contributed by atoms with van der Waals surface area (Å²) in [6, 6.07) is 0. The van der Waals surface area contributed by atoms with Gasteiger partial charge in [0.2, 0.25) is 0 Å². The van der Waals surface area contributed by atoms with E-state index in [0.717, 1.165) is 0 Å². The Balaban J connectivity index is 3.80. The van der Waals surface area contributed by atoms with Gasteiger partial charge in [-0.2, -0.15) is 0 Å². The van der Waals surface area contributed by atoms with Crippen LogP contribution in [0.15, 0.2) is 4.47 Å². The molecule has 16 heavy (non-hydrogen) atoms. The van der Waals surface area contributed by atoms with Gasteiger partial charge in [0, 0.05) is 5.56 Å². The van der Waals surface area contributed by atoms with Crippen LogP contribution < -0.4 is 0 Å². The smallest absolute Gasteiger partial charge is 0.258 e. The molecule has 0 atom stereocenters. The fourth-order valence-electron chi connectivity index (χ4n) is 1.57. The second-order valence-corrected chi connectivity index (χ2v) is 4.19. The molecule has 0 radical (unpaired) electrons. The molecule has 0 saturated heterocycles. The standard InChI is InChI=1S/C9H9BrN2O4/c1-4-5(2)8(11(13)14)6(3)9(7(4)10)12(15)16/h1-3H3. The molecule has 0 N–H and O–H groups in total. The normalized spacial score (nSPS) is 10.2. The first-order valence-electron chi connectivity index (χ1n) is 4.37. The minimum atomic E-state index is -0.612. The van der Waals surface area contributed by atoms with Gasteiger partial charge in [0.05, 0.1) is 14.3 Å². The van der Waals surface area contributed by atoms with Crippen molar-refractivity contribution in [2.24, 2.45) is 0 Å². The van der Waals surface area contributed by atoms with Gasteiger partial charge < -0.3 is 0 Å². The molecule has 0 unspecified atom stereocenters. The van der Waals surface area contributed by atoms with Crippen LogP contribution in [0.3, 0.4) is 0 Å². The molecule has 0 saturated carbocycles. The third-order valence-electron chi connectivity index (χ3n) is 2.53. The van der Waals surface area contributed by atoms with Crippen LogP contribution in [0.25, 0.3) is 0 Å². The maximum absolute atomic E-state index is 10.8. The van der Waals surface area contributed by atoms with Crippen LogP contribution in [-0.2, 0) is 0 Å². The Kier molecular flexibility index (Phi) is 3.27. The molecule has 0 aromatic heterocycles. The monoisotopic (exact) mass is 288 g/mol. The largest absolute Gasteiger partial charge is 0.293 e. The van der Waals surface area contributed by atoms with E-state index in [4.69, 9.17) is 0 Å². The van der Waals surface area contributed by atoms with E-state index < -0.39 is 9.85 Å². The highest BCUT2D eigenvalue weighted by Crippen LogP contribution is 2.40. The molecule has 7 heteroatoms. The van der Waals surface area contributed by atoms with Crippen molar-refractivity contribution in [3.05, 3.63) is 41.4 Å². The number of hydrogen-bond donors (Lipinski definition) is 0. The van der Waals surface area contributed by atoms with Gasteiger partial charge in [-0.1, -0.05) is 0 Å². The second kappa shape index (κ2) is 4.17. The topological polar surface area (TPSA) is 86.3 Å². The minimum absolute atomic E-state index is 0.0741. The first-order chi connectivity index (χ1) is 7.29. The van der Waals surface area contributed by atoms with Crippen molar-refractivity contribution in [3.8, 4) is 0 Å². The lowest BCUT2D eigenvalue weighted by Gasteiger charge is -2.08. The van der Waals surface area contributed by atoms with E-state index in [1.54, 1.807) is 13.8 Å². The lowest BCUT2D eigenvalue weighted by molar-refractivity contribution is -0.396. The molecule has 1 aromatic rings. The Morgan fingerprint density at radius 3 is 1.69 bits per heavy atom. The van der Waals surface area contributed by atoms with Crippen LogP contribution in [0.1, 0.15) is 16.7 Å². The van der Waals surface area contributed by atoms with E-state index in [0.29, 0.717) is 15.6 Å². The van der Waals surface area contributed by atoms with Gasteiger partial charge in [-0.3, -0.25) is 20.2 Å². The maximum Gasteiger partial charge on any atom is 0.293 e. The Labute approximate surface area is 99.7 Å². The predicted molar refractivity (Wildman–Crippen MR) is 61.7 cm³/mol. The third kappa shape index (κ3) is 1.78. The number of halogens is 1. The van der Waals surface area contributed by atoms with E-state index in [2.05, 4.69) is 15.9 Å². The molecule has 0 heterocycles. The molecule has 0 aliphatic heterocycles. The van der Waals surface area contributed by atoms with E-state index in [1.807, 2.05) is 0 Å². The highest BCUT2D eigenvalue weighted by Gasteiger charge is 2.29. The van der Waals surface area contributed by atoms with Crippen LogP contribution in [0.2, 0.25) is 0 Å². The lowest BCUT2D eigenvalue weighted by Crippen LogP contribution is -2.03. The van der Waals surface area contributed by atoms with Crippen LogP contribution in [0.5, 0.6) is 0 Å².